The maximum atomic E-state index is 4.76. The summed E-state index contributed by atoms with van der Waals surface area (Å²) in [5.74, 6) is 0. The number of aliphatic imine (C=N–C) groups is 1. The van der Waals surface area contributed by atoms with E-state index in [1.165, 1.54) is 27.8 Å². The van der Waals surface area contributed by atoms with E-state index in [-0.39, 0.29) is 0 Å². The smallest absolute Gasteiger partial charge is 0.0633 e. The molecule has 146 valence electrons. The molecule has 0 radical (unpaired) electrons. The standard InChI is InChI=1S/C29H25N/c1-21-9-11-27(12-10-21)29-19-15-25(16-20-29)23(3)30-22(2)24-13-17-28(18-14-24)26-7-5-4-6-8-26/h4-20H,3H2,1-2H3. The summed E-state index contributed by atoms with van der Waals surface area (Å²) in [6.07, 6.45) is 0. The SMILES string of the molecule is C=C(N=C(C)c1ccc(-c2ccccc2)cc1)c1ccc(-c2ccc(C)cc2)cc1. The van der Waals surface area contributed by atoms with E-state index in [9.17, 15) is 0 Å². The highest BCUT2D eigenvalue weighted by Gasteiger charge is 2.04. The van der Waals surface area contributed by atoms with Crippen molar-refractivity contribution in [3.63, 3.8) is 0 Å². The average Bonchev–Trinajstić information content (AvgIpc) is 2.80. The third-order valence-electron chi connectivity index (χ3n) is 5.32. The van der Waals surface area contributed by atoms with Crippen molar-refractivity contribution in [2.24, 2.45) is 4.99 Å². The summed E-state index contributed by atoms with van der Waals surface area (Å²) in [4.78, 5) is 4.76. The van der Waals surface area contributed by atoms with Crippen LogP contribution in [0.3, 0.4) is 0 Å². The van der Waals surface area contributed by atoms with E-state index in [2.05, 4.69) is 111 Å². The number of aryl methyl sites for hydroxylation is 1. The minimum absolute atomic E-state index is 0.773. The Kier molecular flexibility index (Phi) is 5.72. The molecule has 0 heterocycles. The monoisotopic (exact) mass is 387 g/mol. The molecule has 0 amide bonds. The van der Waals surface area contributed by atoms with E-state index in [1.54, 1.807) is 0 Å². The minimum Gasteiger partial charge on any atom is -0.253 e. The van der Waals surface area contributed by atoms with Gasteiger partial charge in [-0.15, -0.1) is 0 Å². The Labute approximate surface area is 179 Å². The molecule has 0 fully saturated rings. The predicted molar refractivity (Wildman–Crippen MR) is 130 cm³/mol. The summed E-state index contributed by atoms with van der Waals surface area (Å²) >= 11 is 0. The van der Waals surface area contributed by atoms with Gasteiger partial charge >= 0.3 is 0 Å². The zero-order chi connectivity index (χ0) is 20.9. The fraction of sp³-hybridized carbons (Fsp3) is 0.0690. The quantitative estimate of drug-likeness (QED) is 0.310. The predicted octanol–water partition coefficient (Wildman–Crippen LogP) is 7.81. The van der Waals surface area contributed by atoms with Crippen LogP contribution in [0, 0.1) is 6.92 Å². The van der Waals surface area contributed by atoms with Crippen molar-refractivity contribution < 1.29 is 0 Å². The summed E-state index contributed by atoms with van der Waals surface area (Å²) in [5.41, 5.74) is 9.98. The molecule has 0 aromatic heterocycles. The molecule has 4 aromatic rings. The van der Waals surface area contributed by atoms with E-state index in [4.69, 9.17) is 4.99 Å². The molecule has 0 saturated heterocycles. The molecule has 1 heteroatoms. The lowest BCUT2D eigenvalue weighted by Crippen LogP contribution is -1.95. The Bertz CT molecular complexity index is 1160. The fourth-order valence-electron chi connectivity index (χ4n) is 3.47. The zero-order valence-electron chi connectivity index (χ0n) is 17.5. The van der Waals surface area contributed by atoms with Crippen molar-refractivity contribution >= 4 is 11.4 Å². The van der Waals surface area contributed by atoms with Crippen molar-refractivity contribution in [2.45, 2.75) is 13.8 Å². The fourth-order valence-corrected chi connectivity index (χ4v) is 3.47. The molecular formula is C29H25N. The molecule has 0 bridgehead atoms. The second kappa shape index (κ2) is 8.75. The Balaban J connectivity index is 1.50. The maximum Gasteiger partial charge on any atom is 0.0633 e. The zero-order valence-corrected chi connectivity index (χ0v) is 17.5. The third kappa shape index (κ3) is 4.47. The molecule has 4 rings (SSSR count). The Morgan fingerprint density at radius 3 is 1.53 bits per heavy atom. The summed E-state index contributed by atoms with van der Waals surface area (Å²) in [6.45, 7) is 8.32. The molecule has 4 aromatic carbocycles. The van der Waals surface area contributed by atoms with Gasteiger partial charge in [0, 0.05) is 5.71 Å². The van der Waals surface area contributed by atoms with Gasteiger partial charge in [0.05, 0.1) is 5.70 Å². The second-order valence-electron chi connectivity index (χ2n) is 7.53. The van der Waals surface area contributed by atoms with Gasteiger partial charge in [0.25, 0.3) is 0 Å². The van der Waals surface area contributed by atoms with Gasteiger partial charge in [-0.2, -0.15) is 0 Å². The van der Waals surface area contributed by atoms with Crippen molar-refractivity contribution in [1.29, 1.82) is 0 Å². The van der Waals surface area contributed by atoms with Crippen LogP contribution in [-0.2, 0) is 0 Å². The first-order valence-corrected chi connectivity index (χ1v) is 10.2. The highest BCUT2D eigenvalue weighted by molar-refractivity contribution is 6.01. The van der Waals surface area contributed by atoms with Crippen molar-refractivity contribution in [3.05, 3.63) is 126 Å². The van der Waals surface area contributed by atoms with Crippen LogP contribution in [0.5, 0.6) is 0 Å². The number of rotatable bonds is 5. The van der Waals surface area contributed by atoms with Crippen LogP contribution in [0.4, 0.5) is 0 Å². The van der Waals surface area contributed by atoms with Gasteiger partial charge in [0.15, 0.2) is 0 Å². The average molecular weight is 388 g/mol. The van der Waals surface area contributed by atoms with Crippen molar-refractivity contribution in [1.82, 2.24) is 0 Å². The van der Waals surface area contributed by atoms with E-state index in [1.807, 2.05) is 13.0 Å². The molecule has 0 aliphatic carbocycles. The van der Waals surface area contributed by atoms with Gasteiger partial charge in [-0.05, 0) is 47.2 Å². The normalized spacial score (nSPS) is 11.3. The molecule has 30 heavy (non-hydrogen) atoms. The second-order valence-corrected chi connectivity index (χ2v) is 7.53. The van der Waals surface area contributed by atoms with Gasteiger partial charge < -0.3 is 0 Å². The number of benzene rings is 4. The summed E-state index contributed by atoms with van der Waals surface area (Å²) in [5, 5.41) is 0. The first kappa shape index (κ1) is 19.6. The molecule has 0 atom stereocenters. The number of nitrogens with zero attached hydrogens (tertiary/aromatic N) is 1. The highest BCUT2D eigenvalue weighted by atomic mass is 14.7. The van der Waals surface area contributed by atoms with Crippen LogP contribution < -0.4 is 0 Å². The van der Waals surface area contributed by atoms with Crippen LogP contribution in [0.25, 0.3) is 28.0 Å². The van der Waals surface area contributed by atoms with E-state index >= 15 is 0 Å². The molecule has 0 aliphatic rings. The van der Waals surface area contributed by atoms with Gasteiger partial charge in [-0.1, -0.05) is 115 Å². The minimum atomic E-state index is 0.773. The van der Waals surface area contributed by atoms with Crippen LogP contribution in [0.15, 0.2) is 115 Å². The van der Waals surface area contributed by atoms with E-state index in [0.717, 1.165) is 22.5 Å². The van der Waals surface area contributed by atoms with E-state index in [0.29, 0.717) is 0 Å². The van der Waals surface area contributed by atoms with Gasteiger partial charge in [-0.25, -0.2) is 0 Å². The van der Waals surface area contributed by atoms with Gasteiger partial charge in [-0.3, -0.25) is 4.99 Å². The number of hydrogen-bond donors (Lipinski definition) is 0. The van der Waals surface area contributed by atoms with Crippen LogP contribution in [-0.4, -0.2) is 5.71 Å². The highest BCUT2D eigenvalue weighted by Crippen LogP contribution is 2.24. The lowest BCUT2D eigenvalue weighted by molar-refractivity contribution is 1.46. The summed E-state index contributed by atoms with van der Waals surface area (Å²) < 4.78 is 0. The van der Waals surface area contributed by atoms with Crippen LogP contribution in [0.2, 0.25) is 0 Å². The molecule has 0 aliphatic heterocycles. The topological polar surface area (TPSA) is 12.4 Å². The molecule has 1 nitrogen and oxygen atoms in total. The lowest BCUT2D eigenvalue weighted by Gasteiger charge is -2.07. The van der Waals surface area contributed by atoms with Crippen molar-refractivity contribution in [3.8, 4) is 22.3 Å². The summed E-state index contributed by atoms with van der Waals surface area (Å²) in [6, 6.07) is 35.9. The Morgan fingerprint density at radius 1 is 0.567 bits per heavy atom. The number of hydrogen-bond acceptors (Lipinski definition) is 1. The summed E-state index contributed by atoms with van der Waals surface area (Å²) in [7, 11) is 0. The lowest BCUT2D eigenvalue weighted by atomic mass is 10.0. The molecule has 0 unspecified atom stereocenters. The van der Waals surface area contributed by atoms with Crippen LogP contribution in [0.1, 0.15) is 23.6 Å². The largest absolute Gasteiger partial charge is 0.253 e. The third-order valence-corrected chi connectivity index (χ3v) is 5.32. The van der Waals surface area contributed by atoms with Gasteiger partial charge in [0.2, 0.25) is 0 Å². The Morgan fingerprint density at radius 2 is 1.00 bits per heavy atom. The van der Waals surface area contributed by atoms with Gasteiger partial charge in [0.1, 0.15) is 0 Å². The van der Waals surface area contributed by atoms with Crippen molar-refractivity contribution in [2.75, 3.05) is 0 Å². The first-order valence-electron chi connectivity index (χ1n) is 10.2. The molecule has 0 saturated carbocycles. The molecule has 0 N–H and O–H groups in total. The Hall–Kier alpha value is -3.71. The van der Waals surface area contributed by atoms with E-state index < -0.39 is 0 Å². The first-order chi connectivity index (χ1) is 14.6. The molecular weight excluding hydrogens is 362 g/mol. The molecule has 0 spiro atoms. The van der Waals surface area contributed by atoms with Crippen LogP contribution >= 0.6 is 0 Å². The maximum absolute atomic E-state index is 4.76.